The van der Waals surface area contributed by atoms with Crippen molar-refractivity contribution in [2.24, 2.45) is 0 Å². The Labute approximate surface area is 66.7 Å². The zero-order valence-corrected chi connectivity index (χ0v) is 5.81. The predicted molar refractivity (Wildman–Crippen MR) is 37.4 cm³/mol. The van der Waals surface area contributed by atoms with Crippen LogP contribution < -0.4 is 5.43 Å². The van der Waals surface area contributed by atoms with Crippen LogP contribution in [0.5, 0.6) is 0 Å². The first kappa shape index (κ1) is 8.12. The van der Waals surface area contributed by atoms with E-state index < -0.39 is 16.6 Å². The number of ketones is 2. The molecule has 1 aliphatic carbocycles. The van der Waals surface area contributed by atoms with E-state index in [4.69, 9.17) is 0 Å². The normalized spacial score (nSPS) is 15.8. The van der Waals surface area contributed by atoms with Crippen LogP contribution in [0.3, 0.4) is 0 Å². The summed E-state index contributed by atoms with van der Waals surface area (Å²) in [5.74, 6) is -1.02. The monoisotopic (exact) mass is 168 g/mol. The van der Waals surface area contributed by atoms with Crippen molar-refractivity contribution in [2.75, 3.05) is 0 Å². The lowest BCUT2D eigenvalue weighted by molar-refractivity contribution is -0.534. The standard InChI is InChI=1S/C6H4N2O4/c9-4-1-2-6(10)5(3-4)7-8(11)12/h1-3,7H. The molecule has 0 bridgehead atoms. The molecule has 0 aliphatic heterocycles. The summed E-state index contributed by atoms with van der Waals surface area (Å²) >= 11 is 0. The van der Waals surface area contributed by atoms with Crippen molar-refractivity contribution in [1.82, 2.24) is 5.43 Å². The first-order chi connectivity index (χ1) is 5.59. The predicted octanol–water partition coefficient (Wildman–Crippen LogP) is -0.640. The van der Waals surface area contributed by atoms with Gasteiger partial charge >= 0.3 is 0 Å². The maximum absolute atomic E-state index is 10.8. The second kappa shape index (κ2) is 2.95. The number of nitro groups is 1. The number of hydrazine groups is 1. The van der Waals surface area contributed by atoms with E-state index in [-0.39, 0.29) is 5.70 Å². The summed E-state index contributed by atoms with van der Waals surface area (Å²) in [7, 11) is 0. The van der Waals surface area contributed by atoms with Crippen molar-refractivity contribution in [3.63, 3.8) is 0 Å². The van der Waals surface area contributed by atoms with Crippen LogP contribution in [0, 0.1) is 10.1 Å². The van der Waals surface area contributed by atoms with E-state index in [2.05, 4.69) is 0 Å². The number of nitrogens with one attached hydrogen (secondary N) is 1. The molecule has 1 aliphatic rings. The second-order valence-corrected chi connectivity index (χ2v) is 2.03. The Bertz CT molecular complexity index is 316. The van der Waals surface area contributed by atoms with Gasteiger partial charge in [-0.3, -0.25) is 9.59 Å². The van der Waals surface area contributed by atoms with Gasteiger partial charge in [-0.1, -0.05) is 0 Å². The topological polar surface area (TPSA) is 89.3 Å². The van der Waals surface area contributed by atoms with Crippen LogP contribution in [0.4, 0.5) is 0 Å². The fourth-order valence-corrected chi connectivity index (χ4v) is 0.695. The molecule has 0 aromatic rings. The molecule has 12 heavy (non-hydrogen) atoms. The molecule has 6 heteroatoms. The summed E-state index contributed by atoms with van der Waals surface area (Å²) in [4.78, 5) is 31.3. The van der Waals surface area contributed by atoms with Gasteiger partial charge in [0, 0.05) is 6.08 Å². The van der Waals surface area contributed by atoms with Crippen molar-refractivity contribution in [1.29, 1.82) is 0 Å². The van der Waals surface area contributed by atoms with Crippen LogP contribution in [-0.4, -0.2) is 16.6 Å². The Morgan fingerprint density at radius 3 is 2.58 bits per heavy atom. The van der Waals surface area contributed by atoms with Gasteiger partial charge in [-0.15, -0.1) is 5.43 Å². The van der Waals surface area contributed by atoms with Crippen LogP contribution in [-0.2, 0) is 9.59 Å². The molecule has 6 nitrogen and oxygen atoms in total. The molecule has 0 aromatic heterocycles. The quantitative estimate of drug-likeness (QED) is 0.336. The molecule has 62 valence electrons. The number of allylic oxidation sites excluding steroid dienone is 3. The van der Waals surface area contributed by atoms with Crippen LogP contribution in [0.2, 0.25) is 0 Å². The molecule has 0 radical (unpaired) electrons. The highest BCUT2D eigenvalue weighted by Crippen LogP contribution is 2.00. The van der Waals surface area contributed by atoms with Gasteiger partial charge in [0.25, 0.3) is 0 Å². The van der Waals surface area contributed by atoms with Crippen LogP contribution in [0.25, 0.3) is 0 Å². The van der Waals surface area contributed by atoms with E-state index in [1.165, 1.54) is 0 Å². The molecule has 0 saturated heterocycles. The first-order valence-corrected chi connectivity index (χ1v) is 2.99. The van der Waals surface area contributed by atoms with E-state index in [1.807, 2.05) is 0 Å². The summed E-state index contributed by atoms with van der Waals surface area (Å²) in [5, 5.41) is 8.99. The number of hydrogen-bond acceptors (Lipinski definition) is 4. The van der Waals surface area contributed by atoms with Crippen molar-refractivity contribution < 1.29 is 14.6 Å². The van der Waals surface area contributed by atoms with E-state index in [0.29, 0.717) is 0 Å². The molecular weight excluding hydrogens is 164 g/mol. The lowest BCUT2D eigenvalue weighted by atomic mass is 10.1. The highest BCUT2D eigenvalue weighted by atomic mass is 16.7. The highest BCUT2D eigenvalue weighted by Gasteiger charge is 2.16. The third-order valence-corrected chi connectivity index (χ3v) is 1.16. The molecule has 0 aromatic carbocycles. The Morgan fingerprint density at radius 2 is 2.00 bits per heavy atom. The van der Waals surface area contributed by atoms with Crippen molar-refractivity contribution in [3.05, 3.63) is 34.0 Å². The lowest BCUT2D eigenvalue weighted by Crippen LogP contribution is -2.27. The Morgan fingerprint density at radius 1 is 1.33 bits per heavy atom. The zero-order chi connectivity index (χ0) is 9.14. The van der Waals surface area contributed by atoms with Gasteiger partial charge in [-0.2, -0.15) is 0 Å². The number of rotatable bonds is 2. The number of carbonyl (C=O) groups excluding carboxylic acids is 2. The van der Waals surface area contributed by atoms with Crippen molar-refractivity contribution >= 4 is 11.6 Å². The second-order valence-electron chi connectivity index (χ2n) is 2.03. The third-order valence-electron chi connectivity index (χ3n) is 1.16. The molecule has 0 heterocycles. The molecule has 0 fully saturated rings. The molecule has 0 amide bonds. The van der Waals surface area contributed by atoms with Gasteiger partial charge in [0.15, 0.2) is 16.5 Å². The summed E-state index contributed by atoms with van der Waals surface area (Å²) < 4.78 is 0. The SMILES string of the molecule is O=C1C=CC(=O)C(N[N+](=O)[O-])=C1. The summed E-state index contributed by atoms with van der Waals surface area (Å²) in [6, 6.07) is 0. The number of nitrogens with zero attached hydrogens (tertiary/aromatic N) is 1. The molecule has 0 atom stereocenters. The maximum Gasteiger partial charge on any atom is 0.207 e. The van der Waals surface area contributed by atoms with Crippen LogP contribution in [0.15, 0.2) is 23.9 Å². The minimum Gasteiger partial charge on any atom is -0.290 e. The summed E-state index contributed by atoms with van der Waals surface area (Å²) in [5.41, 5.74) is 1.31. The molecule has 1 rings (SSSR count). The van der Waals surface area contributed by atoms with E-state index in [0.717, 1.165) is 18.2 Å². The fourth-order valence-electron chi connectivity index (χ4n) is 0.695. The number of hydrogen-bond donors (Lipinski definition) is 1. The summed E-state index contributed by atoms with van der Waals surface area (Å²) in [6.07, 6.45) is 2.91. The van der Waals surface area contributed by atoms with Gasteiger partial charge in [0.05, 0.1) is 0 Å². The molecule has 1 N–H and O–H groups in total. The minimum absolute atomic E-state index is 0.312. The van der Waals surface area contributed by atoms with Crippen LogP contribution >= 0.6 is 0 Å². The highest BCUT2D eigenvalue weighted by molar-refractivity contribution is 6.16. The van der Waals surface area contributed by atoms with E-state index in [1.54, 1.807) is 5.43 Å². The van der Waals surface area contributed by atoms with Gasteiger partial charge < -0.3 is 0 Å². The third kappa shape index (κ3) is 1.75. The smallest absolute Gasteiger partial charge is 0.207 e. The van der Waals surface area contributed by atoms with Crippen molar-refractivity contribution in [3.8, 4) is 0 Å². The molecular formula is C6H4N2O4. The van der Waals surface area contributed by atoms with Gasteiger partial charge in [-0.05, 0) is 12.2 Å². The first-order valence-electron chi connectivity index (χ1n) is 2.99. The van der Waals surface area contributed by atoms with Gasteiger partial charge in [0.2, 0.25) is 5.78 Å². The minimum atomic E-state index is -0.893. The Balaban J connectivity index is 2.81. The average Bonchev–Trinajstić information content (AvgIpc) is 1.96. The average molecular weight is 168 g/mol. The summed E-state index contributed by atoms with van der Waals surface area (Å²) in [6.45, 7) is 0. The largest absolute Gasteiger partial charge is 0.290 e. The van der Waals surface area contributed by atoms with E-state index >= 15 is 0 Å². The Kier molecular flexibility index (Phi) is 2.00. The molecule has 0 saturated carbocycles. The maximum atomic E-state index is 10.8. The van der Waals surface area contributed by atoms with Gasteiger partial charge in [0.1, 0.15) is 0 Å². The fraction of sp³-hybridized carbons (Fsp3) is 0. The van der Waals surface area contributed by atoms with Gasteiger partial charge in [-0.25, -0.2) is 10.1 Å². The Hall–Kier alpha value is -1.98. The van der Waals surface area contributed by atoms with E-state index in [9.17, 15) is 19.7 Å². The number of carbonyl (C=O) groups is 2. The lowest BCUT2D eigenvalue weighted by Gasteiger charge is -2.01. The molecule has 0 unspecified atom stereocenters. The molecule has 0 spiro atoms. The van der Waals surface area contributed by atoms with Crippen LogP contribution in [0.1, 0.15) is 0 Å². The zero-order valence-electron chi connectivity index (χ0n) is 5.81. The van der Waals surface area contributed by atoms with Crippen molar-refractivity contribution in [2.45, 2.75) is 0 Å².